The zero-order chi connectivity index (χ0) is 19.7. The van der Waals surface area contributed by atoms with Gasteiger partial charge in [0.1, 0.15) is 16.7 Å². The highest BCUT2D eigenvalue weighted by Gasteiger charge is 2.18. The van der Waals surface area contributed by atoms with Gasteiger partial charge in [-0.25, -0.2) is 18.4 Å². The van der Waals surface area contributed by atoms with Crippen LogP contribution in [0.15, 0.2) is 24.4 Å². The van der Waals surface area contributed by atoms with Gasteiger partial charge in [-0.15, -0.1) is 0 Å². The van der Waals surface area contributed by atoms with Gasteiger partial charge in [-0.3, -0.25) is 0 Å². The Morgan fingerprint density at radius 3 is 2.70 bits per heavy atom. The SMILES string of the molecule is Cc1c([C@H](C)NCc2sc(N(C)C)nc2Cl)cnn1-c1ccc(F)cc1F. The summed E-state index contributed by atoms with van der Waals surface area (Å²) < 4.78 is 28.7. The number of anilines is 1. The van der Waals surface area contributed by atoms with Crippen LogP contribution in [0.2, 0.25) is 5.15 Å². The predicted molar refractivity (Wildman–Crippen MR) is 105 cm³/mol. The molecule has 0 aliphatic carbocycles. The van der Waals surface area contributed by atoms with Crippen LogP contribution in [0.4, 0.5) is 13.9 Å². The Balaban J connectivity index is 1.76. The van der Waals surface area contributed by atoms with Crippen LogP contribution >= 0.6 is 22.9 Å². The summed E-state index contributed by atoms with van der Waals surface area (Å²) in [7, 11) is 3.84. The van der Waals surface area contributed by atoms with Crippen molar-refractivity contribution in [1.29, 1.82) is 0 Å². The monoisotopic (exact) mass is 411 g/mol. The average Bonchev–Trinajstić information content (AvgIpc) is 3.16. The zero-order valence-corrected chi connectivity index (χ0v) is 17.0. The van der Waals surface area contributed by atoms with E-state index in [-0.39, 0.29) is 11.7 Å². The topological polar surface area (TPSA) is 46.0 Å². The molecule has 27 heavy (non-hydrogen) atoms. The van der Waals surface area contributed by atoms with Gasteiger partial charge in [-0.2, -0.15) is 5.10 Å². The van der Waals surface area contributed by atoms with E-state index >= 15 is 0 Å². The van der Waals surface area contributed by atoms with Gasteiger partial charge in [-0.1, -0.05) is 22.9 Å². The highest BCUT2D eigenvalue weighted by atomic mass is 35.5. The van der Waals surface area contributed by atoms with E-state index in [2.05, 4.69) is 15.4 Å². The molecule has 5 nitrogen and oxygen atoms in total. The number of hydrogen-bond acceptors (Lipinski definition) is 5. The number of benzene rings is 1. The van der Waals surface area contributed by atoms with Gasteiger partial charge >= 0.3 is 0 Å². The molecular weight excluding hydrogens is 392 g/mol. The van der Waals surface area contributed by atoms with Crippen LogP contribution in [-0.4, -0.2) is 28.9 Å². The van der Waals surface area contributed by atoms with Crippen LogP contribution in [0.1, 0.15) is 29.1 Å². The fraction of sp³-hybridized carbons (Fsp3) is 0.333. The van der Waals surface area contributed by atoms with Crippen LogP contribution in [0.3, 0.4) is 0 Å². The van der Waals surface area contributed by atoms with Gasteiger partial charge in [0, 0.05) is 44.0 Å². The summed E-state index contributed by atoms with van der Waals surface area (Å²) in [6.07, 6.45) is 1.69. The van der Waals surface area contributed by atoms with Crippen molar-refractivity contribution in [2.45, 2.75) is 26.4 Å². The third-order valence-corrected chi connectivity index (χ3v) is 5.89. The van der Waals surface area contributed by atoms with Crippen molar-refractivity contribution < 1.29 is 8.78 Å². The van der Waals surface area contributed by atoms with Crippen LogP contribution < -0.4 is 10.2 Å². The average molecular weight is 412 g/mol. The summed E-state index contributed by atoms with van der Waals surface area (Å²) in [4.78, 5) is 7.18. The highest BCUT2D eigenvalue weighted by molar-refractivity contribution is 7.16. The first-order valence-corrected chi connectivity index (χ1v) is 9.53. The smallest absolute Gasteiger partial charge is 0.186 e. The van der Waals surface area contributed by atoms with E-state index in [0.29, 0.717) is 11.7 Å². The number of rotatable bonds is 6. The Hall–Kier alpha value is -2.03. The molecule has 1 N–H and O–H groups in total. The highest BCUT2D eigenvalue weighted by Crippen LogP contribution is 2.29. The number of nitrogens with one attached hydrogen (secondary N) is 1. The second-order valence-electron chi connectivity index (χ2n) is 6.40. The van der Waals surface area contributed by atoms with E-state index in [1.54, 1.807) is 6.20 Å². The van der Waals surface area contributed by atoms with Crippen molar-refractivity contribution in [3.63, 3.8) is 0 Å². The molecule has 3 aromatic rings. The van der Waals surface area contributed by atoms with E-state index < -0.39 is 11.6 Å². The molecule has 144 valence electrons. The second-order valence-corrected chi connectivity index (χ2v) is 7.82. The van der Waals surface area contributed by atoms with Gasteiger partial charge in [0.2, 0.25) is 0 Å². The predicted octanol–water partition coefficient (Wildman–Crippen LogP) is 4.49. The lowest BCUT2D eigenvalue weighted by Crippen LogP contribution is -2.18. The third kappa shape index (κ3) is 4.12. The van der Waals surface area contributed by atoms with Crippen LogP contribution in [-0.2, 0) is 6.54 Å². The number of nitrogens with zero attached hydrogens (tertiary/aromatic N) is 4. The lowest BCUT2D eigenvalue weighted by atomic mass is 10.1. The first-order chi connectivity index (χ1) is 12.8. The molecule has 2 aromatic heterocycles. The molecule has 0 radical (unpaired) electrons. The van der Waals surface area contributed by atoms with Crippen LogP contribution in [0.5, 0.6) is 0 Å². The summed E-state index contributed by atoms with van der Waals surface area (Å²) in [5.41, 5.74) is 1.92. The fourth-order valence-electron chi connectivity index (χ4n) is 2.72. The number of halogens is 3. The van der Waals surface area contributed by atoms with Gasteiger partial charge in [0.15, 0.2) is 10.9 Å². The maximum absolute atomic E-state index is 14.1. The van der Waals surface area contributed by atoms with Crippen molar-refractivity contribution in [2.75, 3.05) is 19.0 Å². The quantitative estimate of drug-likeness (QED) is 0.649. The summed E-state index contributed by atoms with van der Waals surface area (Å²) in [5.74, 6) is -1.27. The maximum atomic E-state index is 14.1. The fourth-order valence-corrected chi connectivity index (χ4v) is 3.86. The molecule has 2 heterocycles. The second kappa shape index (κ2) is 7.92. The van der Waals surface area contributed by atoms with Crippen molar-refractivity contribution in [3.05, 3.63) is 57.3 Å². The molecule has 1 aromatic carbocycles. The maximum Gasteiger partial charge on any atom is 0.186 e. The Labute approximate surface area is 165 Å². The first-order valence-electron chi connectivity index (χ1n) is 8.33. The van der Waals surface area contributed by atoms with Crippen LogP contribution in [0, 0.1) is 18.6 Å². The van der Waals surface area contributed by atoms with Crippen molar-refractivity contribution >= 4 is 28.1 Å². The van der Waals surface area contributed by atoms with E-state index in [9.17, 15) is 8.78 Å². The molecule has 0 bridgehead atoms. The largest absolute Gasteiger partial charge is 0.354 e. The van der Waals surface area contributed by atoms with Gasteiger partial charge in [-0.05, 0) is 26.0 Å². The molecule has 3 rings (SSSR count). The van der Waals surface area contributed by atoms with E-state index in [0.717, 1.165) is 27.3 Å². The number of aromatic nitrogens is 3. The Bertz CT molecular complexity index is 953. The number of thiazole rings is 1. The molecule has 0 saturated carbocycles. The molecule has 0 saturated heterocycles. The van der Waals surface area contributed by atoms with Crippen molar-refractivity contribution in [1.82, 2.24) is 20.1 Å². The van der Waals surface area contributed by atoms with Gasteiger partial charge in [0.25, 0.3) is 0 Å². The molecular formula is C18H20ClF2N5S. The first kappa shape index (κ1) is 19.7. The molecule has 1 atom stereocenters. The molecule has 0 aliphatic rings. The summed E-state index contributed by atoms with van der Waals surface area (Å²) in [6, 6.07) is 3.41. The van der Waals surface area contributed by atoms with Gasteiger partial charge < -0.3 is 10.2 Å². The minimum Gasteiger partial charge on any atom is -0.354 e. The normalized spacial score (nSPS) is 12.4. The van der Waals surface area contributed by atoms with Crippen molar-refractivity contribution in [2.24, 2.45) is 0 Å². The Morgan fingerprint density at radius 2 is 2.07 bits per heavy atom. The molecule has 0 fully saturated rings. The molecule has 0 spiro atoms. The zero-order valence-electron chi connectivity index (χ0n) is 15.4. The van der Waals surface area contributed by atoms with E-state index in [1.165, 1.54) is 28.2 Å². The molecule has 9 heteroatoms. The molecule has 0 unspecified atom stereocenters. The lowest BCUT2D eigenvalue weighted by Gasteiger charge is -2.14. The summed E-state index contributed by atoms with van der Waals surface area (Å²) >= 11 is 7.74. The standard InChI is InChI=1S/C18H20ClF2N5S/c1-10(22-9-16-17(19)24-18(27-16)25(3)4)13-8-23-26(11(13)2)15-6-5-12(20)7-14(15)21/h5-8,10,22H,9H2,1-4H3/t10-/m0/s1. The van der Waals surface area contributed by atoms with E-state index in [1.807, 2.05) is 32.8 Å². The Morgan fingerprint density at radius 1 is 1.33 bits per heavy atom. The molecule has 0 aliphatic heterocycles. The number of hydrogen-bond donors (Lipinski definition) is 1. The van der Waals surface area contributed by atoms with Crippen molar-refractivity contribution in [3.8, 4) is 5.69 Å². The van der Waals surface area contributed by atoms with Crippen LogP contribution in [0.25, 0.3) is 5.69 Å². The Kier molecular flexibility index (Phi) is 5.78. The summed E-state index contributed by atoms with van der Waals surface area (Å²) in [6.45, 7) is 4.41. The lowest BCUT2D eigenvalue weighted by molar-refractivity contribution is 0.568. The molecule has 0 amide bonds. The third-order valence-electron chi connectivity index (χ3n) is 4.24. The van der Waals surface area contributed by atoms with Gasteiger partial charge in [0.05, 0.1) is 11.1 Å². The minimum atomic E-state index is -0.652. The van der Waals surface area contributed by atoms with E-state index in [4.69, 9.17) is 11.6 Å². The summed E-state index contributed by atoms with van der Waals surface area (Å²) in [5, 5.41) is 9.00. The minimum absolute atomic E-state index is 0.0387.